The summed E-state index contributed by atoms with van der Waals surface area (Å²) < 4.78 is 14.8. The number of rotatable bonds is 3. The van der Waals surface area contributed by atoms with E-state index >= 15 is 0 Å². The number of nitrogens with zero attached hydrogens (tertiary/aromatic N) is 2. The molecular weight excluding hydrogens is 237 g/mol. The normalized spacial score (nSPS) is 10.4. The molecule has 0 atom stereocenters. The van der Waals surface area contributed by atoms with Gasteiger partial charge in [0.2, 0.25) is 0 Å². The second-order valence-corrected chi connectivity index (χ2v) is 3.98. The third-order valence-corrected chi connectivity index (χ3v) is 2.66. The Bertz CT molecular complexity index is 588. The van der Waals surface area contributed by atoms with Gasteiger partial charge in [0, 0.05) is 23.5 Å². The summed E-state index contributed by atoms with van der Waals surface area (Å²) in [6, 6.07) is 7.06. The molecule has 0 amide bonds. The van der Waals surface area contributed by atoms with Crippen molar-refractivity contribution in [1.29, 1.82) is 0 Å². The number of nitro benzene ring substituents is 1. The van der Waals surface area contributed by atoms with E-state index in [0.717, 1.165) is 29.6 Å². The number of anilines is 1. The lowest BCUT2D eigenvalue weighted by Gasteiger charge is -2.12. The van der Waals surface area contributed by atoms with Gasteiger partial charge in [0.25, 0.3) is 5.69 Å². The number of nitro groups is 1. The van der Waals surface area contributed by atoms with Gasteiger partial charge in [-0.1, -0.05) is 0 Å². The summed E-state index contributed by atoms with van der Waals surface area (Å²) >= 11 is 0. The number of hydrogen-bond acceptors (Lipinski definition) is 3. The Hall–Kier alpha value is -2.37. The Balaban J connectivity index is 2.45. The van der Waals surface area contributed by atoms with Gasteiger partial charge in [-0.2, -0.15) is 0 Å². The summed E-state index contributed by atoms with van der Waals surface area (Å²) in [6.07, 6.45) is 0. The molecule has 0 aliphatic carbocycles. The van der Waals surface area contributed by atoms with Crippen LogP contribution in [0.4, 0.5) is 15.8 Å². The van der Waals surface area contributed by atoms with Gasteiger partial charge >= 0.3 is 0 Å². The van der Waals surface area contributed by atoms with Crippen molar-refractivity contribution in [2.45, 2.75) is 13.8 Å². The van der Waals surface area contributed by atoms with E-state index in [9.17, 15) is 14.5 Å². The van der Waals surface area contributed by atoms with Gasteiger partial charge in [0.1, 0.15) is 11.5 Å². The molecule has 1 aromatic carbocycles. The van der Waals surface area contributed by atoms with Gasteiger partial charge in [0.15, 0.2) is 0 Å². The van der Waals surface area contributed by atoms with Gasteiger partial charge in [-0.15, -0.1) is 0 Å². The van der Waals surface area contributed by atoms with Crippen LogP contribution in [0.2, 0.25) is 0 Å². The Morgan fingerprint density at radius 1 is 1.22 bits per heavy atom. The molecule has 0 saturated carbocycles. The summed E-state index contributed by atoms with van der Waals surface area (Å²) in [5.41, 5.74) is 4.57. The van der Waals surface area contributed by atoms with Crippen LogP contribution in [0.3, 0.4) is 0 Å². The second kappa shape index (κ2) is 4.48. The van der Waals surface area contributed by atoms with Crippen LogP contribution in [0.1, 0.15) is 11.4 Å². The van der Waals surface area contributed by atoms with Gasteiger partial charge in [-0.05, 0) is 32.0 Å². The first-order chi connectivity index (χ1) is 8.49. The second-order valence-electron chi connectivity index (χ2n) is 3.98. The number of benzene rings is 1. The first-order valence-corrected chi connectivity index (χ1v) is 5.35. The molecular formula is C12H12FN3O2. The summed E-state index contributed by atoms with van der Waals surface area (Å²) in [5.74, 6) is -0.523. The predicted octanol–water partition coefficient (Wildman–Crippen LogP) is 3.03. The summed E-state index contributed by atoms with van der Waals surface area (Å²) in [5, 5.41) is 10.9. The molecule has 1 N–H and O–H groups in total. The van der Waals surface area contributed by atoms with Crippen molar-refractivity contribution in [1.82, 2.24) is 4.68 Å². The molecule has 6 heteroatoms. The minimum Gasteiger partial charge on any atom is -0.288 e. The third-order valence-electron chi connectivity index (χ3n) is 2.66. The highest BCUT2D eigenvalue weighted by molar-refractivity contribution is 5.61. The first kappa shape index (κ1) is 12.1. The molecule has 1 heterocycles. The average Bonchev–Trinajstić information content (AvgIpc) is 2.60. The van der Waals surface area contributed by atoms with E-state index in [1.807, 2.05) is 26.0 Å². The Kier molecular flexibility index (Phi) is 3.01. The molecule has 94 valence electrons. The molecule has 0 spiro atoms. The molecule has 0 saturated heterocycles. The number of aryl methyl sites for hydroxylation is 2. The lowest BCUT2D eigenvalue weighted by atomic mass is 10.2. The molecule has 18 heavy (non-hydrogen) atoms. The van der Waals surface area contributed by atoms with E-state index < -0.39 is 10.7 Å². The van der Waals surface area contributed by atoms with Crippen molar-refractivity contribution in [2.24, 2.45) is 0 Å². The van der Waals surface area contributed by atoms with Gasteiger partial charge in [-0.3, -0.25) is 20.2 Å². The predicted molar refractivity (Wildman–Crippen MR) is 66.0 cm³/mol. The molecule has 0 aliphatic heterocycles. The van der Waals surface area contributed by atoms with E-state index in [4.69, 9.17) is 0 Å². The van der Waals surface area contributed by atoms with E-state index in [-0.39, 0.29) is 11.4 Å². The van der Waals surface area contributed by atoms with Crippen molar-refractivity contribution >= 4 is 11.4 Å². The van der Waals surface area contributed by atoms with Crippen LogP contribution in [0.25, 0.3) is 0 Å². The molecule has 2 rings (SSSR count). The zero-order chi connectivity index (χ0) is 13.3. The minimum atomic E-state index is -0.546. The van der Waals surface area contributed by atoms with Crippen LogP contribution in [0.15, 0.2) is 30.3 Å². The molecule has 0 aliphatic rings. The third kappa shape index (κ3) is 2.17. The molecule has 0 bridgehead atoms. The highest BCUT2D eigenvalue weighted by Crippen LogP contribution is 2.25. The average molecular weight is 249 g/mol. The molecule has 5 nitrogen and oxygen atoms in total. The van der Waals surface area contributed by atoms with Crippen LogP contribution >= 0.6 is 0 Å². The smallest absolute Gasteiger partial charge is 0.288 e. The molecule has 0 unspecified atom stereocenters. The fourth-order valence-corrected chi connectivity index (χ4v) is 1.72. The number of aromatic nitrogens is 1. The van der Waals surface area contributed by atoms with E-state index in [0.29, 0.717) is 0 Å². The van der Waals surface area contributed by atoms with Gasteiger partial charge < -0.3 is 0 Å². The lowest BCUT2D eigenvalue weighted by molar-refractivity contribution is -0.384. The summed E-state index contributed by atoms with van der Waals surface area (Å²) in [6.45, 7) is 3.70. The van der Waals surface area contributed by atoms with Crippen LogP contribution in [-0.4, -0.2) is 9.60 Å². The summed E-state index contributed by atoms with van der Waals surface area (Å²) in [4.78, 5) is 10.3. The quantitative estimate of drug-likeness (QED) is 0.671. The maximum Gasteiger partial charge on any atom is 0.294 e. The SMILES string of the molecule is Cc1ccc(C)n1Nc1cc(F)ccc1[N+](=O)[O-]. The molecule has 2 aromatic rings. The van der Waals surface area contributed by atoms with E-state index in [1.165, 1.54) is 0 Å². The topological polar surface area (TPSA) is 60.1 Å². The Labute approximate surface area is 103 Å². The maximum atomic E-state index is 13.2. The van der Waals surface area contributed by atoms with Crippen molar-refractivity contribution in [3.8, 4) is 0 Å². The largest absolute Gasteiger partial charge is 0.294 e. The zero-order valence-corrected chi connectivity index (χ0v) is 9.98. The fraction of sp³-hybridized carbons (Fsp3) is 0.167. The van der Waals surface area contributed by atoms with Crippen LogP contribution in [0, 0.1) is 29.8 Å². The fourth-order valence-electron chi connectivity index (χ4n) is 1.72. The van der Waals surface area contributed by atoms with Gasteiger partial charge in [-0.25, -0.2) is 4.39 Å². The number of hydrogen-bond donors (Lipinski definition) is 1. The highest BCUT2D eigenvalue weighted by Gasteiger charge is 2.15. The zero-order valence-electron chi connectivity index (χ0n) is 9.98. The van der Waals surface area contributed by atoms with Crippen molar-refractivity contribution in [3.05, 3.63) is 57.7 Å². The van der Waals surface area contributed by atoms with Crippen LogP contribution < -0.4 is 5.43 Å². The lowest BCUT2D eigenvalue weighted by Crippen LogP contribution is -2.13. The first-order valence-electron chi connectivity index (χ1n) is 5.35. The number of nitrogens with one attached hydrogen (secondary N) is 1. The number of halogens is 1. The molecule has 0 radical (unpaired) electrons. The summed E-state index contributed by atoms with van der Waals surface area (Å²) in [7, 11) is 0. The van der Waals surface area contributed by atoms with E-state index in [1.54, 1.807) is 4.68 Å². The van der Waals surface area contributed by atoms with E-state index in [2.05, 4.69) is 5.43 Å². The molecule has 1 aromatic heterocycles. The van der Waals surface area contributed by atoms with Crippen molar-refractivity contribution in [2.75, 3.05) is 5.43 Å². The Morgan fingerprint density at radius 2 is 1.83 bits per heavy atom. The Morgan fingerprint density at radius 3 is 2.39 bits per heavy atom. The highest BCUT2D eigenvalue weighted by atomic mass is 19.1. The van der Waals surface area contributed by atoms with Gasteiger partial charge in [0.05, 0.1) is 4.92 Å². The van der Waals surface area contributed by atoms with Crippen molar-refractivity contribution in [3.63, 3.8) is 0 Å². The maximum absolute atomic E-state index is 13.2. The van der Waals surface area contributed by atoms with Crippen molar-refractivity contribution < 1.29 is 9.31 Å². The molecule has 0 fully saturated rings. The standard InChI is InChI=1S/C12H12FN3O2/c1-8-3-4-9(2)15(8)14-11-7-10(13)5-6-12(11)16(17)18/h3-7,14H,1-2H3. The van der Waals surface area contributed by atoms with Crippen LogP contribution in [-0.2, 0) is 0 Å². The van der Waals surface area contributed by atoms with Crippen LogP contribution in [0.5, 0.6) is 0 Å². The minimum absolute atomic E-state index is 0.127. The monoisotopic (exact) mass is 249 g/mol.